The smallest absolute Gasteiger partial charge is 0.320 e. The molecule has 0 atom stereocenters. The van der Waals surface area contributed by atoms with Crippen LogP contribution in [0.15, 0.2) is 24.5 Å². The Kier molecular flexibility index (Phi) is 4.67. The van der Waals surface area contributed by atoms with E-state index in [4.69, 9.17) is 4.84 Å². The molecule has 2 amide bonds. The van der Waals surface area contributed by atoms with Gasteiger partial charge in [-0.25, -0.2) is 10.3 Å². The predicted molar refractivity (Wildman–Crippen MR) is 78.3 cm³/mol. The standard InChI is InChI=1S/C15H22N4O2/c20-15(17-21-12-14-2-1-5-16-10-14)19-8-6-18(7-9-19)11-13-3-4-13/h1-2,5,10,13H,3-4,6-9,11-12H2,(H,17,20). The van der Waals surface area contributed by atoms with E-state index < -0.39 is 0 Å². The summed E-state index contributed by atoms with van der Waals surface area (Å²) < 4.78 is 0. The number of pyridine rings is 1. The molecule has 2 heterocycles. The van der Waals surface area contributed by atoms with Gasteiger partial charge in [-0.2, -0.15) is 0 Å². The summed E-state index contributed by atoms with van der Waals surface area (Å²) in [6.07, 6.45) is 6.19. The number of urea groups is 1. The minimum absolute atomic E-state index is 0.148. The molecule has 1 aliphatic carbocycles. The number of hydroxylamine groups is 1. The van der Waals surface area contributed by atoms with Crippen molar-refractivity contribution in [2.24, 2.45) is 5.92 Å². The maximum Gasteiger partial charge on any atom is 0.341 e. The van der Waals surface area contributed by atoms with E-state index in [1.807, 2.05) is 17.0 Å². The van der Waals surface area contributed by atoms with Gasteiger partial charge >= 0.3 is 6.03 Å². The van der Waals surface area contributed by atoms with Gasteiger partial charge in [-0.3, -0.25) is 14.7 Å². The van der Waals surface area contributed by atoms with Gasteiger partial charge in [0, 0.05) is 45.1 Å². The molecule has 6 nitrogen and oxygen atoms in total. The Balaban J connectivity index is 1.34. The molecule has 1 aromatic rings. The number of carbonyl (C=O) groups excluding carboxylic acids is 1. The average molecular weight is 290 g/mol. The average Bonchev–Trinajstić information content (AvgIpc) is 3.33. The maximum absolute atomic E-state index is 12.0. The lowest BCUT2D eigenvalue weighted by molar-refractivity contribution is 0.0299. The highest BCUT2D eigenvalue weighted by molar-refractivity contribution is 5.73. The zero-order valence-corrected chi connectivity index (χ0v) is 12.2. The number of piperazine rings is 1. The van der Waals surface area contributed by atoms with E-state index in [9.17, 15) is 4.79 Å². The van der Waals surface area contributed by atoms with Crippen LogP contribution in [0, 0.1) is 5.92 Å². The summed E-state index contributed by atoms with van der Waals surface area (Å²) >= 11 is 0. The summed E-state index contributed by atoms with van der Waals surface area (Å²) in [6.45, 7) is 5.01. The van der Waals surface area contributed by atoms with E-state index >= 15 is 0 Å². The molecule has 0 radical (unpaired) electrons. The molecule has 6 heteroatoms. The summed E-state index contributed by atoms with van der Waals surface area (Å²) in [4.78, 5) is 25.5. The lowest BCUT2D eigenvalue weighted by atomic mass is 10.3. The second kappa shape index (κ2) is 6.87. The lowest BCUT2D eigenvalue weighted by Crippen LogP contribution is -2.52. The van der Waals surface area contributed by atoms with Gasteiger partial charge in [0.2, 0.25) is 0 Å². The number of aromatic nitrogens is 1. The largest absolute Gasteiger partial charge is 0.341 e. The van der Waals surface area contributed by atoms with Crippen LogP contribution in [0.3, 0.4) is 0 Å². The molecular weight excluding hydrogens is 268 g/mol. The van der Waals surface area contributed by atoms with Crippen molar-refractivity contribution < 1.29 is 9.63 Å². The summed E-state index contributed by atoms with van der Waals surface area (Å²) in [6, 6.07) is 3.61. The fourth-order valence-electron chi connectivity index (χ4n) is 2.53. The molecule has 1 aliphatic heterocycles. The molecule has 114 valence electrons. The van der Waals surface area contributed by atoms with Crippen molar-refractivity contribution in [3.8, 4) is 0 Å². The van der Waals surface area contributed by atoms with E-state index in [0.717, 1.165) is 37.7 Å². The van der Waals surface area contributed by atoms with Crippen LogP contribution in [0.2, 0.25) is 0 Å². The quantitative estimate of drug-likeness (QED) is 0.829. The first-order valence-electron chi connectivity index (χ1n) is 7.59. The number of amides is 2. The highest BCUT2D eigenvalue weighted by atomic mass is 16.7. The summed E-state index contributed by atoms with van der Waals surface area (Å²) in [5.41, 5.74) is 3.45. The van der Waals surface area contributed by atoms with E-state index in [1.165, 1.54) is 19.4 Å². The molecule has 1 N–H and O–H groups in total. The van der Waals surface area contributed by atoms with Crippen molar-refractivity contribution in [3.05, 3.63) is 30.1 Å². The second-order valence-corrected chi connectivity index (χ2v) is 5.79. The monoisotopic (exact) mass is 290 g/mol. The maximum atomic E-state index is 12.0. The Labute approximate surface area is 125 Å². The van der Waals surface area contributed by atoms with E-state index in [1.54, 1.807) is 12.4 Å². The van der Waals surface area contributed by atoms with Crippen LogP contribution in [0.4, 0.5) is 4.79 Å². The van der Waals surface area contributed by atoms with Crippen molar-refractivity contribution in [2.45, 2.75) is 19.4 Å². The summed E-state index contributed by atoms with van der Waals surface area (Å²) in [7, 11) is 0. The van der Waals surface area contributed by atoms with E-state index in [0.29, 0.717) is 6.61 Å². The van der Waals surface area contributed by atoms with Crippen LogP contribution in [-0.4, -0.2) is 53.5 Å². The third kappa shape index (κ3) is 4.41. The lowest BCUT2D eigenvalue weighted by Gasteiger charge is -2.34. The Morgan fingerprint density at radius 1 is 1.33 bits per heavy atom. The normalized spacial score (nSPS) is 19.5. The second-order valence-electron chi connectivity index (χ2n) is 5.79. The molecular formula is C15H22N4O2. The van der Waals surface area contributed by atoms with Gasteiger partial charge in [0.15, 0.2) is 0 Å². The molecule has 0 spiro atoms. The number of nitrogens with one attached hydrogen (secondary N) is 1. The van der Waals surface area contributed by atoms with Crippen LogP contribution in [0.1, 0.15) is 18.4 Å². The van der Waals surface area contributed by atoms with Crippen LogP contribution < -0.4 is 5.48 Å². The number of nitrogens with zero attached hydrogens (tertiary/aromatic N) is 3. The first-order valence-corrected chi connectivity index (χ1v) is 7.59. The Morgan fingerprint density at radius 2 is 2.14 bits per heavy atom. The summed E-state index contributed by atoms with van der Waals surface area (Å²) in [5.74, 6) is 0.910. The Hall–Kier alpha value is -1.66. The molecule has 1 saturated carbocycles. The van der Waals surface area contributed by atoms with Gasteiger partial charge in [0.25, 0.3) is 0 Å². The highest BCUT2D eigenvalue weighted by Gasteiger charge is 2.27. The van der Waals surface area contributed by atoms with Gasteiger partial charge in [-0.05, 0) is 30.4 Å². The summed E-state index contributed by atoms with van der Waals surface area (Å²) in [5, 5.41) is 0. The molecule has 21 heavy (non-hydrogen) atoms. The minimum Gasteiger partial charge on any atom is -0.320 e. The number of carbonyl (C=O) groups is 1. The molecule has 3 rings (SSSR count). The third-order valence-electron chi connectivity index (χ3n) is 3.99. The molecule has 0 unspecified atom stereocenters. The molecule has 0 bridgehead atoms. The Morgan fingerprint density at radius 3 is 2.81 bits per heavy atom. The van der Waals surface area contributed by atoms with Crippen LogP contribution in [-0.2, 0) is 11.4 Å². The van der Waals surface area contributed by atoms with Gasteiger partial charge in [0.05, 0.1) is 0 Å². The fraction of sp³-hybridized carbons (Fsp3) is 0.600. The molecule has 2 fully saturated rings. The number of hydrogen-bond donors (Lipinski definition) is 1. The van der Waals surface area contributed by atoms with Gasteiger partial charge in [-0.1, -0.05) is 6.07 Å². The first kappa shape index (κ1) is 14.3. The minimum atomic E-state index is -0.148. The number of hydrogen-bond acceptors (Lipinski definition) is 4. The fourth-order valence-corrected chi connectivity index (χ4v) is 2.53. The van der Waals surface area contributed by atoms with Crippen molar-refractivity contribution in [2.75, 3.05) is 32.7 Å². The third-order valence-corrected chi connectivity index (χ3v) is 3.99. The molecule has 1 aromatic heterocycles. The van der Waals surface area contributed by atoms with E-state index in [2.05, 4.69) is 15.4 Å². The highest BCUT2D eigenvalue weighted by Crippen LogP contribution is 2.29. The van der Waals surface area contributed by atoms with E-state index in [-0.39, 0.29) is 6.03 Å². The van der Waals surface area contributed by atoms with Gasteiger partial charge < -0.3 is 4.90 Å². The van der Waals surface area contributed by atoms with Crippen molar-refractivity contribution in [3.63, 3.8) is 0 Å². The molecule has 2 aliphatic rings. The van der Waals surface area contributed by atoms with Gasteiger partial charge in [0.1, 0.15) is 6.61 Å². The van der Waals surface area contributed by atoms with Crippen molar-refractivity contribution >= 4 is 6.03 Å². The number of rotatable bonds is 5. The zero-order valence-electron chi connectivity index (χ0n) is 12.2. The topological polar surface area (TPSA) is 57.7 Å². The van der Waals surface area contributed by atoms with Gasteiger partial charge in [-0.15, -0.1) is 0 Å². The molecule has 0 aromatic carbocycles. The Bertz CT molecular complexity index is 456. The first-order chi connectivity index (χ1) is 10.3. The van der Waals surface area contributed by atoms with Crippen molar-refractivity contribution in [1.29, 1.82) is 0 Å². The SMILES string of the molecule is O=C(NOCc1cccnc1)N1CCN(CC2CC2)CC1. The van der Waals surface area contributed by atoms with Crippen LogP contribution in [0.25, 0.3) is 0 Å². The van der Waals surface area contributed by atoms with Crippen molar-refractivity contribution in [1.82, 2.24) is 20.3 Å². The van der Waals surface area contributed by atoms with Crippen LogP contribution >= 0.6 is 0 Å². The zero-order chi connectivity index (χ0) is 14.5. The van der Waals surface area contributed by atoms with Crippen LogP contribution in [0.5, 0.6) is 0 Å². The molecule has 1 saturated heterocycles. The predicted octanol–water partition coefficient (Wildman–Crippen LogP) is 1.25.